The minimum Gasteiger partial charge on any atom is -0.370 e. The van der Waals surface area contributed by atoms with Gasteiger partial charge >= 0.3 is 0 Å². The van der Waals surface area contributed by atoms with Crippen molar-refractivity contribution in [2.45, 2.75) is 20.4 Å². The number of hydrogen-bond donors (Lipinski definition) is 0. The molecule has 0 amide bonds. The highest BCUT2D eigenvalue weighted by Gasteiger charge is 2.07. The van der Waals surface area contributed by atoms with Crippen LogP contribution < -0.4 is 4.90 Å². The molecule has 2 rings (SSSR count). The van der Waals surface area contributed by atoms with Crippen LogP contribution in [0.15, 0.2) is 48.5 Å². The summed E-state index contributed by atoms with van der Waals surface area (Å²) in [7, 11) is 2.16. The van der Waals surface area contributed by atoms with Gasteiger partial charge in [0, 0.05) is 19.3 Å². The van der Waals surface area contributed by atoms with E-state index in [9.17, 15) is 0 Å². The lowest BCUT2D eigenvalue weighted by Crippen LogP contribution is -2.18. The van der Waals surface area contributed by atoms with Gasteiger partial charge in [-0.3, -0.25) is 0 Å². The van der Waals surface area contributed by atoms with Crippen molar-refractivity contribution in [2.24, 2.45) is 0 Å². The number of anilines is 1. The topological polar surface area (TPSA) is 3.24 Å². The van der Waals surface area contributed by atoms with Gasteiger partial charge in [-0.05, 0) is 30.5 Å². The number of hydrogen-bond acceptors (Lipinski definition) is 1. The van der Waals surface area contributed by atoms with Crippen LogP contribution in [0.1, 0.15) is 16.7 Å². The Balaban J connectivity index is 2.23. The van der Waals surface area contributed by atoms with Crippen molar-refractivity contribution in [3.8, 4) is 0 Å². The lowest BCUT2D eigenvalue weighted by Gasteiger charge is -2.23. The lowest BCUT2D eigenvalue weighted by molar-refractivity contribution is 0.911. The molecule has 1 heteroatoms. The first-order valence-electron chi connectivity index (χ1n) is 6.00. The molecule has 0 saturated carbocycles. The quantitative estimate of drug-likeness (QED) is 0.764. The van der Waals surface area contributed by atoms with Gasteiger partial charge in [0.05, 0.1) is 0 Å². The predicted molar refractivity (Wildman–Crippen MR) is 74.5 cm³/mol. The third-order valence-electron chi connectivity index (χ3n) is 3.08. The summed E-state index contributed by atoms with van der Waals surface area (Å²) in [5, 5.41) is 0. The van der Waals surface area contributed by atoms with Crippen LogP contribution in [0.2, 0.25) is 0 Å². The fourth-order valence-corrected chi connectivity index (χ4v) is 2.34. The van der Waals surface area contributed by atoms with Crippen LogP contribution in [-0.4, -0.2) is 7.05 Å². The maximum absolute atomic E-state index is 2.32. The molecule has 0 atom stereocenters. The lowest BCUT2D eigenvalue weighted by atomic mass is 10.1. The second kappa shape index (κ2) is 5.05. The van der Waals surface area contributed by atoms with Gasteiger partial charge in [0.2, 0.25) is 0 Å². The molecule has 0 aliphatic heterocycles. The number of benzene rings is 2. The third-order valence-corrected chi connectivity index (χ3v) is 3.08. The molecule has 0 aromatic heterocycles. The van der Waals surface area contributed by atoms with Gasteiger partial charge < -0.3 is 4.90 Å². The van der Waals surface area contributed by atoms with Gasteiger partial charge in [-0.25, -0.2) is 0 Å². The van der Waals surface area contributed by atoms with Crippen LogP contribution in [0, 0.1) is 13.8 Å². The molecule has 0 spiro atoms. The summed E-state index contributed by atoms with van der Waals surface area (Å²) < 4.78 is 0. The molecule has 0 fully saturated rings. The van der Waals surface area contributed by atoms with Gasteiger partial charge in [0.15, 0.2) is 0 Å². The molecule has 0 aliphatic carbocycles. The smallest absolute Gasteiger partial charge is 0.0426 e. The maximum Gasteiger partial charge on any atom is 0.0426 e. The van der Waals surface area contributed by atoms with Crippen molar-refractivity contribution < 1.29 is 0 Å². The zero-order valence-electron chi connectivity index (χ0n) is 10.8. The van der Waals surface area contributed by atoms with Crippen molar-refractivity contribution in [1.29, 1.82) is 0 Å². The van der Waals surface area contributed by atoms with E-state index in [1.165, 1.54) is 22.4 Å². The van der Waals surface area contributed by atoms with Crippen LogP contribution >= 0.6 is 0 Å². The molecule has 1 nitrogen and oxygen atoms in total. The molecule has 0 heterocycles. The van der Waals surface area contributed by atoms with E-state index in [1.54, 1.807) is 0 Å². The zero-order valence-corrected chi connectivity index (χ0v) is 10.8. The van der Waals surface area contributed by atoms with E-state index >= 15 is 0 Å². The Kier molecular flexibility index (Phi) is 3.48. The highest BCUT2D eigenvalue weighted by molar-refractivity contribution is 5.58. The van der Waals surface area contributed by atoms with E-state index in [0.717, 1.165) is 6.54 Å². The Morgan fingerprint density at radius 3 is 2.00 bits per heavy atom. The van der Waals surface area contributed by atoms with Crippen molar-refractivity contribution in [1.82, 2.24) is 0 Å². The van der Waals surface area contributed by atoms with E-state index < -0.39 is 0 Å². The highest BCUT2D eigenvalue weighted by Crippen LogP contribution is 2.24. The van der Waals surface area contributed by atoms with Crippen LogP contribution in [0.25, 0.3) is 0 Å². The average molecular weight is 225 g/mol. The second-order valence-electron chi connectivity index (χ2n) is 4.58. The summed E-state index contributed by atoms with van der Waals surface area (Å²) in [4.78, 5) is 2.32. The maximum atomic E-state index is 2.32. The number of aryl methyl sites for hydroxylation is 2. The standard InChI is InChI=1S/C16H19N/c1-13-8-7-9-14(2)16(13)17(3)12-15-10-5-4-6-11-15/h4-11H,12H2,1-3H3. The Morgan fingerprint density at radius 1 is 0.824 bits per heavy atom. The van der Waals surface area contributed by atoms with Gasteiger partial charge in [0.25, 0.3) is 0 Å². The molecule has 0 unspecified atom stereocenters. The predicted octanol–water partition coefficient (Wildman–Crippen LogP) is 3.94. The summed E-state index contributed by atoms with van der Waals surface area (Å²) in [5.41, 5.74) is 5.36. The summed E-state index contributed by atoms with van der Waals surface area (Å²) >= 11 is 0. The molecule has 0 N–H and O–H groups in total. The Labute approximate surface area is 104 Å². The Hall–Kier alpha value is -1.76. The molecule has 88 valence electrons. The molecular formula is C16H19N. The van der Waals surface area contributed by atoms with E-state index in [0.29, 0.717) is 0 Å². The fraction of sp³-hybridized carbons (Fsp3) is 0.250. The van der Waals surface area contributed by atoms with E-state index in [4.69, 9.17) is 0 Å². The summed E-state index contributed by atoms with van der Waals surface area (Å²) in [5.74, 6) is 0. The number of para-hydroxylation sites is 1. The van der Waals surface area contributed by atoms with Crippen LogP contribution in [-0.2, 0) is 6.54 Å². The SMILES string of the molecule is Cc1cccc(C)c1N(C)Cc1ccccc1. The van der Waals surface area contributed by atoms with E-state index in [-0.39, 0.29) is 0 Å². The average Bonchev–Trinajstić information content (AvgIpc) is 2.30. The normalized spacial score (nSPS) is 10.3. The molecule has 0 radical (unpaired) electrons. The molecule has 2 aromatic carbocycles. The van der Waals surface area contributed by atoms with Crippen molar-refractivity contribution in [3.63, 3.8) is 0 Å². The first-order chi connectivity index (χ1) is 8.18. The van der Waals surface area contributed by atoms with Crippen LogP contribution in [0.3, 0.4) is 0 Å². The van der Waals surface area contributed by atoms with Gasteiger partial charge in [-0.15, -0.1) is 0 Å². The summed E-state index contributed by atoms with van der Waals surface area (Å²) in [6.45, 7) is 5.29. The molecular weight excluding hydrogens is 206 g/mol. The minimum atomic E-state index is 0.951. The zero-order chi connectivity index (χ0) is 12.3. The molecule has 0 aliphatic rings. The van der Waals surface area contributed by atoms with Gasteiger partial charge in [-0.1, -0.05) is 48.5 Å². The van der Waals surface area contributed by atoms with Gasteiger partial charge in [-0.2, -0.15) is 0 Å². The number of rotatable bonds is 3. The van der Waals surface area contributed by atoms with Crippen molar-refractivity contribution in [2.75, 3.05) is 11.9 Å². The molecule has 17 heavy (non-hydrogen) atoms. The first-order valence-corrected chi connectivity index (χ1v) is 6.00. The molecule has 0 saturated heterocycles. The van der Waals surface area contributed by atoms with Gasteiger partial charge in [0.1, 0.15) is 0 Å². The summed E-state index contributed by atoms with van der Waals surface area (Å²) in [6.07, 6.45) is 0. The number of nitrogens with zero attached hydrogens (tertiary/aromatic N) is 1. The highest BCUT2D eigenvalue weighted by atomic mass is 15.1. The van der Waals surface area contributed by atoms with E-state index in [1.807, 2.05) is 0 Å². The Bertz CT molecular complexity index is 468. The second-order valence-corrected chi connectivity index (χ2v) is 4.58. The minimum absolute atomic E-state index is 0.951. The van der Waals surface area contributed by atoms with Crippen LogP contribution in [0.5, 0.6) is 0 Å². The fourth-order valence-electron chi connectivity index (χ4n) is 2.34. The van der Waals surface area contributed by atoms with E-state index in [2.05, 4.69) is 74.3 Å². The third kappa shape index (κ3) is 2.68. The van der Waals surface area contributed by atoms with Crippen molar-refractivity contribution >= 4 is 5.69 Å². The van der Waals surface area contributed by atoms with Crippen molar-refractivity contribution in [3.05, 3.63) is 65.2 Å². The van der Waals surface area contributed by atoms with Crippen LogP contribution in [0.4, 0.5) is 5.69 Å². The Morgan fingerprint density at radius 2 is 1.41 bits per heavy atom. The first kappa shape index (κ1) is 11.7. The summed E-state index contributed by atoms with van der Waals surface area (Å²) in [6, 6.07) is 17.0. The molecule has 0 bridgehead atoms. The molecule has 2 aromatic rings. The largest absolute Gasteiger partial charge is 0.370 e. The monoisotopic (exact) mass is 225 g/mol.